The summed E-state index contributed by atoms with van der Waals surface area (Å²) in [6.07, 6.45) is 3.90. The van der Waals surface area contributed by atoms with Crippen LogP contribution in [0.2, 0.25) is 0 Å². The Bertz CT molecular complexity index is 697. The van der Waals surface area contributed by atoms with Crippen molar-refractivity contribution in [2.45, 2.75) is 32.4 Å². The third-order valence-corrected chi connectivity index (χ3v) is 4.28. The monoisotopic (exact) mass is 326 g/mol. The fourth-order valence-corrected chi connectivity index (χ4v) is 3.04. The first-order chi connectivity index (χ1) is 11.7. The maximum Gasteiger partial charge on any atom is 0.269 e. The maximum atomic E-state index is 10.8. The molecule has 5 heteroatoms. The van der Waals surface area contributed by atoms with Crippen molar-refractivity contribution in [1.82, 2.24) is 4.90 Å². The van der Waals surface area contributed by atoms with Gasteiger partial charge in [-0.3, -0.25) is 15.0 Å². The second kappa shape index (κ2) is 7.93. The number of hydrogen-bond acceptors (Lipinski definition) is 4. The van der Waals surface area contributed by atoms with Gasteiger partial charge in [0.25, 0.3) is 5.69 Å². The summed E-state index contributed by atoms with van der Waals surface area (Å²) in [6.45, 7) is 3.61. The smallest absolute Gasteiger partial charge is 0.269 e. The molecule has 126 valence electrons. The average Bonchev–Trinajstić information content (AvgIpc) is 2.61. The highest BCUT2D eigenvalue weighted by atomic mass is 16.6. The Balaban J connectivity index is 1.60. The normalized spacial score (nSPS) is 15.2. The molecule has 0 spiro atoms. The van der Waals surface area contributed by atoms with Crippen molar-refractivity contribution in [3.63, 3.8) is 0 Å². The van der Waals surface area contributed by atoms with E-state index in [1.807, 2.05) is 18.2 Å². The molecule has 0 N–H and O–H groups in total. The van der Waals surface area contributed by atoms with E-state index in [1.165, 1.54) is 44.0 Å². The van der Waals surface area contributed by atoms with Gasteiger partial charge in [0.2, 0.25) is 0 Å². The molecule has 0 radical (unpaired) electrons. The highest BCUT2D eigenvalue weighted by Gasteiger charge is 2.11. The molecule has 0 aliphatic carbocycles. The summed E-state index contributed by atoms with van der Waals surface area (Å²) in [7, 11) is 0. The van der Waals surface area contributed by atoms with Gasteiger partial charge in [0.05, 0.1) is 4.92 Å². The summed E-state index contributed by atoms with van der Waals surface area (Å²) in [4.78, 5) is 12.9. The molecule has 5 nitrogen and oxygen atoms in total. The van der Waals surface area contributed by atoms with Crippen molar-refractivity contribution in [2.75, 3.05) is 13.1 Å². The SMILES string of the molecule is O=[N+]([O-])c1cccc(COc2cccc(CN3CCCCC3)c2)c1. The molecule has 1 heterocycles. The Morgan fingerprint density at radius 1 is 1.00 bits per heavy atom. The van der Waals surface area contributed by atoms with Crippen LogP contribution >= 0.6 is 0 Å². The molecule has 0 unspecified atom stereocenters. The molecule has 0 bridgehead atoms. The van der Waals surface area contributed by atoms with Gasteiger partial charge in [0, 0.05) is 18.7 Å². The van der Waals surface area contributed by atoms with Gasteiger partial charge in [-0.15, -0.1) is 0 Å². The van der Waals surface area contributed by atoms with E-state index >= 15 is 0 Å². The van der Waals surface area contributed by atoms with Crippen LogP contribution in [0.4, 0.5) is 5.69 Å². The van der Waals surface area contributed by atoms with Crippen LogP contribution < -0.4 is 4.74 Å². The Labute approximate surface area is 142 Å². The number of non-ortho nitro benzene ring substituents is 1. The lowest BCUT2D eigenvalue weighted by atomic mass is 10.1. The number of likely N-dealkylation sites (tertiary alicyclic amines) is 1. The first-order valence-corrected chi connectivity index (χ1v) is 8.38. The topological polar surface area (TPSA) is 55.6 Å². The largest absolute Gasteiger partial charge is 0.489 e. The maximum absolute atomic E-state index is 10.8. The van der Waals surface area contributed by atoms with E-state index in [9.17, 15) is 10.1 Å². The van der Waals surface area contributed by atoms with Crippen LogP contribution in [0.15, 0.2) is 48.5 Å². The summed E-state index contributed by atoms with van der Waals surface area (Å²) in [5.41, 5.74) is 2.13. The number of piperidine rings is 1. The number of nitro benzene ring substituents is 1. The Hall–Kier alpha value is -2.40. The first kappa shape index (κ1) is 16.5. The highest BCUT2D eigenvalue weighted by molar-refractivity contribution is 5.34. The number of ether oxygens (including phenoxy) is 1. The van der Waals surface area contributed by atoms with Gasteiger partial charge < -0.3 is 4.74 Å². The predicted molar refractivity (Wildman–Crippen MR) is 93.0 cm³/mol. The van der Waals surface area contributed by atoms with E-state index in [1.54, 1.807) is 12.1 Å². The van der Waals surface area contributed by atoms with Crippen molar-refractivity contribution in [3.8, 4) is 5.75 Å². The van der Waals surface area contributed by atoms with E-state index < -0.39 is 0 Å². The van der Waals surface area contributed by atoms with Gasteiger partial charge in [-0.05, 0) is 49.2 Å². The second-order valence-electron chi connectivity index (χ2n) is 6.20. The molecule has 3 rings (SSSR count). The first-order valence-electron chi connectivity index (χ1n) is 8.38. The second-order valence-corrected chi connectivity index (χ2v) is 6.20. The zero-order valence-electron chi connectivity index (χ0n) is 13.7. The van der Waals surface area contributed by atoms with Crippen LogP contribution in [-0.2, 0) is 13.2 Å². The van der Waals surface area contributed by atoms with Crippen molar-refractivity contribution in [3.05, 3.63) is 69.8 Å². The molecule has 0 atom stereocenters. The lowest BCUT2D eigenvalue weighted by molar-refractivity contribution is -0.384. The Kier molecular flexibility index (Phi) is 5.43. The Morgan fingerprint density at radius 2 is 1.75 bits per heavy atom. The fraction of sp³-hybridized carbons (Fsp3) is 0.368. The predicted octanol–water partition coefficient (Wildman–Crippen LogP) is 4.16. The quantitative estimate of drug-likeness (QED) is 0.591. The third kappa shape index (κ3) is 4.55. The van der Waals surface area contributed by atoms with E-state index in [0.29, 0.717) is 6.61 Å². The number of benzene rings is 2. The molecular formula is C19H22N2O3. The van der Waals surface area contributed by atoms with Gasteiger partial charge in [0.15, 0.2) is 0 Å². The summed E-state index contributed by atoms with van der Waals surface area (Å²) >= 11 is 0. The fourth-order valence-electron chi connectivity index (χ4n) is 3.04. The van der Waals surface area contributed by atoms with Crippen LogP contribution in [0.5, 0.6) is 5.75 Å². The number of hydrogen-bond donors (Lipinski definition) is 0. The minimum atomic E-state index is -0.386. The van der Waals surface area contributed by atoms with Crippen LogP contribution in [0, 0.1) is 10.1 Å². The van der Waals surface area contributed by atoms with Crippen LogP contribution in [0.1, 0.15) is 30.4 Å². The van der Waals surface area contributed by atoms with Crippen molar-refractivity contribution < 1.29 is 9.66 Å². The molecule has 24 heavy (non-hydrogen) atoms. The lowest BCUT2D eigenvalue weighted by Gasteiger charge is -2.26. The molecule has 1 saturated heterocycles. The van der Waals surface area contributed by atoms with Gasteiger partial charge in [-0.2, -0.15) is 0 Å². The summed E-state index contributed by atoms with van der Waals surface area (Å²) in [6, 6.07) is 14.7. The van der Waals surface area contributed by atoms with E-state index in [-0.39, 0.29) is 10.6 Å². The van der Waals surface area contributed by atoms with Gasteiger partial charge in [-0.25, -0.2) is 0 Å². The molecule has 0 amide bonds. The standard InChI is InChI=1S/C19H22N2O3/c22-21(23)18-8-4-7-17(12-18)15-24-19-9-5-6-16(13-19)14-20-10-2-1-3-11-20/h4-9,12-13H,1-3,10-11,14-15H2. The minimum Gasteiger partial charge on any atom is -0.489 e. The molecule has 1 aliphatic heterocycles. The summed E-state index contributed by atoms with van der Waals surface area (Å²) < 4.78 is 5.82. The van der Waals surface area contributed by atoms with Crippen LogP contribution in [0.25, 0.3) is 0 Å². The lowest BCUT2D eigenvalue weighted by Crippen LogP contribution is -2.29. The molecule has 1 aliphatic rings. The highest BCUT2D eigenvalue weighted by Crippen LogP contribution is 2.20. The van der Waals surface area contributed by atoms with Crippen molar-refractivity contribution in [1.29, 1.82) is 0 Å². The van der Waals surface area contributed by atoms with Crippen molar-refractivity contribution in [2.24, 2.45) is 0 Å². The molecule has 2 aromatic rings. The minimum absolute atomic E-state index is 0.0925. The average molecular weight is 326 g/mol. The van der Waals surface area contributed by atoms with Gasteiger partial charge in [0.1, 0.15) is 12.4 Å². The molecule has 0 saturated carbocycles. The number of rotatable bonds is 6. The van der Waals surface area contributed by atoms with Crippen LogP contribution in [0.3, 0.4) is 0 Å². The molecule has 0 aromatic heterocycles. The Morgan fingerprint density at radius 3 is 2.54 bits per heavy atom. The van der Waals surface area contributed by atoms with Crippen molar-refractivity contribution >= 4 is 5.69 Å². The number of nitrogens with zero attached hydrogens (tertiary/aromatic N) is 2. The summed E-state index contributed by atoms with van der Waals surface area (Å²) in [5, 5.41) is 10.8. The zero-order chi connectivity index (χ0) is 16.8. The van der Waals surface area contributed by atoms with Crippen LogP contribution in [-0.4, -0.2) is 22.9 Å². The molecular weight excluding hydrogens is 304 g/mol. The van der Waals surface area contributed by atoms with E-state index in [0.717, 1.165) is 17.9 Å². The van der Waals surface area contributed by atoms with Gasteiger partial charge in [-0.1, -0.05) is 30.7 Å². The van der Waals surface area contributed by atoms with Gasteiger partial charge >= 0.3 is 0 Å². The molecule has 2 aromatic carbocycles. The molecule has 1 fully saturated rings. The third-order valence-electron chi connectivity index (χ3n) is 4.28. The number of nitro groups is 1. The van der Waals surface area contributed by atoms with E-state index in [2.05, 4.69) is 17.0 Å². The van der Waals surface area contributed by atoms with E-state index in [4.69, 9.17) is 4.74 Å². The zero-order valence-corrected chi connectivity index (χ0v) is 13.7. The summed E-state index contributed by atoms with van der Waals surface area (Å²) in [5.74, 6) is 0.802.